The Morgan fingerprint density at radius 2 is 1.85 bits per heavy atom. The zero-order chi connectivity index (χ0) is 19.6. The molecule has 0 aliphatic carbocycles. The molecule has 6 nitrogen and oxygen atoms in total. The summed E-state index contributed by atoms with van der Waals surface area (Å²) in [4.78, 5) is 36.0. The van der Waals surface area contributed by atoms with Gasteiger partial charge in [-0.1, -0.05) is 18.2 Å². The highest BCUT2D eigenvalue weighted by molar-refractivity contribution is 7.98. The number of amides is 1. The van der Waals surface area contributed by atoms with Gasteiger partial charge >= 0.3 is 11.9 Å². The third-order valence-corrected chi connectivity index (χ3v) is 4.17. The number of hydrogen-bond donors (Lipinski definition) is 1. The van der Waals surface area contributed by atoms with E-state index >= 15 is 0 Å². The van der Waals surface area contributed by atoms with E-state index in [1.54, 1.807) is 42.1 Å². The Bertz CT molecular complexity index is 846. The van der Waals surface area contributed by atoms with E-state index in [2.05, 4.69) is 10.1 Å². The van der Waals surface area contributed by atoms with E-state index in [9.17, 15) is 14.4 Å². The van der Waals surface area contributed by atoms with Crippen molar-refractivity contribution in [1.29, 1.82) is 0 Å². The van der Waals surface area contributed by atoms with E-state index in [1.807, 2.05) is 24.5 Å². The highest BCUT2D eigenvalue weighted by Crippen LogP contribution is 2.18. The normalized spacial score (nSPS) is 10.4. The molecular weight excluding hydrogens is 366 g/mol. The van der Waals surface area contributed by atoms with E-state index < -0.39 is 17.8 Å². The molecule has 0 heterocycles. The monoisotopic (exact) mass is 385 g/mol. The molecule has 140 valence electrons. The van der Waals surface area contributed by atoms with Crippen LogP contribution in [0.15, 0.2) is 59.5 Å². The van der Waals surface area contributed by atoms with Crippen molar-refractivity contribution in [3.63, 3.8) is 0 Å². The molecule has 0 unspecified atom stereocenters. The van der Waals surface area contributed by atoms with Gasteiger partial charge < -0.3 is 14.8 Å². The number of anilines is 1. The summed E-state index contributed by atoms with van der Waals surface area (Å²) in [6.07, 6.45) is 4.69. The van der Waals surface area contributed by atoms with Crippen molar-refractivity contribution in [3.05, 3.63) is 65.7 Å². The summed E-state index contributed by atoms with van der Waals surface area (Å²) >= 11 is 1.56. The molecule has 2 aromatic carbocycles. The van der Waals surface area contributed by atoms with Crippen LogP contribution in [-0.4, -0.2) is 37.8 Å². The first kappa shape index (κ1) is 20.3. The first-order valence-corrected chi connectivity index (χ1v) is 9.21. The average molecular weight is 385 g/mol. The van der Waals surface area contributed by atoms with Crippen LogP contribution in [0.2, 0.25) is 0 Å². The molecular formula is C20H19NO5S. The summed E-state index contributed by atoms with van der Waals surface area (Å²) in [6.45, 7) is -0.381. The minimum Gasteiger partial charge on any atom is -0.465 e. The van der Waals surface area contributed by atoms with Crippen molar-refractivity contribution in [2.75, 3.05) is 25.3 Å². The van der Waals surface area contributed by atoms with Crippen molar-refractivity contribution in [1.82, 2.24) is 0 Å². The predicted octanol–water partition coefficient (Wildman–Crippen LogP) is 3.39. The highest BCUT2D eigenvalue weighted by Gasteiger charge is 2.07. The van der Waals surface area contributed by atoms with Crippen molar-refractivity contribution >= 4 is 41.4 Å². The quantitative estimate of drug-likeness (QED) is 0.447. The van der Waals surface area contributed by atoms with Crippen LogP contribution >= 0.6 is 11.8 Å². The Labute approximate surface area is 161 Å². The Hall–Kier alpha value is -3.06. The lowest BCUT2D eigenvalue weighted by Gasteiger charge is -2.06. The van der Waals surface area contributed by atoms with Crippen LogP contribution in [0.3, 0.4) is 0 Å². The van der Waals surface area contributed by atoms with Gasteiger partial charge in [0.15, 0.2) is 6.61 Å². The number of thioether (sulfide) groups is 1. The van der Waals surface area contributed by atoms with E-state index in [1.165, 1.54) is 19.3 Å². The standard InChI is InChI=1S/C20H19NO5S/c1-25-20(24)15-9-6-14(7-10-15)8-11-19(23)26-13-18(22)21-16-4-3-5-17(12-16)27-2/h3-12H,13H2,1-2H3,(H,21,22)/b11-8+. The summed E-state index contributed by atoms with van der Waals surface area (Å²) in [7, 11) is 1.31. The Balaban J connectivity index is 1.81. The second-order valence-electron chi connectivity index (χ2n) is 5.33. The largest absolute Gasteiger partial charge is 0.465 e. The molecule has 0 aliphatic heterocycles. The van der Waals surface area contributed by atoms with E-state index in [-0.39, 0.29) is 6.61 Å². The van der Waals surface area contributed by atoms with Crippen molar-refractivity contribution in [2.24, 2.45) is 0 Å². The number of rotatable bonds is 7. The molecule has 0 aliphatic rings. The van der Waals surface area contributed by atoms with Gasteiger partial charge in [-0.3, -0.25) is 4.79 Å². The summed E-state index contributed by atoms with van der Waals surface area (Å²) in [5.41, 5.74) is 1.77. The third kappa shape index (κ3) is 6.63. The molecule has 0 aromatic heterocycles. The molecule has 2 aromatic rings. The van der Waals surface area contributed by atoms with Crippen LogP contribution in [0, 0.1) is 0 Å². The number of benzene rings is 2. The van der Waals surface area contributed by atoms with Crippen molar-refractivity contribution < 1.29 is 23.9 Å². The number of carbonyl (C=O) groups excluding carboxylic acids is 3. The molecule has 1 N–H and O–H groups in total. The third-order valence-electron chi connectivity index (χ3n) is 3.44. The van der Waals surface area contributed by atoms with Gasteiger partial charge in [-0.15, -0.1) is 11.8 Å². The lowest BCUT2D eigenvalue weighted by atomic mass is 10.1. The summed E-state index contributed by atoms with van der Waals surface area (Å²) in [6, 6.07) is 13.9. The lowest BCUT2D eigenvalue weighted by Crippen LogP contribution is -2.20. The molecule has 0 atom stereocenters. The van der Waals surface area contributed by atoms with Crippen LogP contribution < -0.4 is 5.32 Å². The van der Waals surface area contributed by atoms with Gasteiger partial charge in [-0.25, -0.2) is 9.59 Å². The van der Waals surface area contributed by atoms with Gasteiger partial charge in [-0.2, -0.15) is 0 Å². The van der Waals surface area contributed by atoms with Crippen molar-refractivity contribution in [2.45, 2.75) is 4.90 Å². The molecule has 2 rings (SSSR count). The molecule has 0 radical (unpaired) electrons. The molecule has 0 bridgehead atoms. The van der Waals surface area contributed by atoms with Crippen LogP contribution in [0.5, 0.6) is 0 Å². The minimum absolute atomic E-state index is 0.381. The topological polar surface area (TPSA) is 81.7 Å². The number of carbonyl (C=O) groups is 3. The summed E-state index contributed by atoms with van der Waals surface area (Å²) < 4.78 is 9.53. The number of hydrogen-bond acceptors (Lipinski definition) is 6. The molecule has 0 fully saturated rings. The van der Waals surface area contributed by atoms with Gasteiger partial charge in [0.25, 0.3) is 5.91 Å². The summed E-state index contributed by atoms with van der Waals surface area (Å²) in [5.74, 6) is -1.49. The zero-order valence-electron chi connectivity index (χ0n) is 14.9. The SMILES string of the molecule is COC(=O)c1ccc(/C=C/C(=O)OCC(=O)Nc2cccc(SC)c2)cc1. The van der Waals surface area contributed by atoms with Gasteiger partial charge in [0.2, 0.25) is 0 Å². The maximum Gasteiger partial charge on any atom is 0.337 e. The van der Waals surface area contributed by atoms with Gasteiger partial charge in [0.1, 0.15) is 0 Å². The van der Waals surface area contributed by atoms with Crippen LogP contribution in [0.25, 0.3) is 6.08 Å². The molecule has 0 saturated heterocycles. The first-order valence-electron chi connectivity index (χ1n) is 7.99. The Kier molecular flexibility index (Phi) is 7.63. The maximum absolute atomic E-state index is 11.9. The first-order chi connectivity index (χ1) is 13.0. The molecule has 7 heteroatoms. The van der Waals surface area contributed by atoms with E-state index in [4.69, 9.17) is 4.74 Å². The van der Waals surface area contributed by atoms with Gasteiger partial charge in [0, 0.05) is 16.7 Å². The molecule has 27 heavy (non-hydrogen) atoms. The van der Waals surface area contributed by atoms with Crippen molar-refractivity contribution in [3.8, 4) is 0 Å². The fourth-order valence-electron chi connectivity index (χ4n) is 2.10. The number of nitrogens with one attached hydrogen (secondary N) is 1. The minimum atomic E-state index is -0.639. The Morgan fingerprint density at radius 3 is 2.52 bits per heavy atom. The van der Waals surface area contributed by atoms with E-state index in [0.29, 0.717) is 16.8 Å². The highest BCUT2D eigenvalue weighted by atomic mass is 32.2. The maximum atomic E-state index is 11.9. The lowest BCUT2D eigenvalue weighted by molar-refractivity contribution is -0.142. The van der Waals surface area contributed by atoms with Crippen LogP contribution in [0.1, 0.15) is 15.9 Å². The molecule has 0 saturated carbocycles. The van der Waals surface area contributed by atoms with Gasteiger partial charge in [0.05, 0.1) is 12.7 Å². The number of ether oxygens (including phenoxy) is 2. The zero-order valence-corrected chi connectivity index (χ0v) is 15.7. The average Bonchev–Trinajstić information content (AvgIpc) is 2.70. The molecule has 0 spiro atoms. The second kappa shape index (κ2) is 10.2. The fraction of sp³-hybridized carbons (Fsp3) is 0.150. The van der Waals surface area contributed by atoms with Crippen LogP contribution in [0.4, 0.5) is 5.69 Å². The second-order valence-corrected chi connectivity index (χ2v) is 6.21. The predicted molar refractivity (Wildman–Crippen MR) is 105 cm³/mol. The summed E-state index contributed by atoms with van der Waals surface area (Å²) in [5, 5.41) is 2.67. The Morgan fingerprint density at radius 1 is 1.11 bits per heavy atom. The van der Waals surface area contributed by atoms with Crippen LogP contribution in [-0.2, 0) is 19.1 Å². The smallest absolute Gasteiger partial charge is 0.337 e. The van der Waals surface area contributed by atoms with Gasteiger partial charge in [-0.05, 0) is 48.2 Å². The number of esters is 2. The van der Waals surface area contributed by atoms with E-state index in [0.717, 1.165) is 4.90 Å². The number of methoxy groups -OCH3 is 1. The molecule has 1 amide bonds. The fourth-order valence-corrected chi connectivity index (χ4v) is 2.55.